The minimum atomic E-state index is -2.40. The Balaban J connectivity index is 0.00000304. The van der Waals surface area contributed by atoms with Crippen molar-refractivity contribution in [3.8, 4) is 0 Å². The third-order valence-electron chi connectivity index (χ3n) is 6.51. The summed E-state index contributed by atoms with van der Waals surface area (Å²) in [5.41, 5.74) is 1.07. The highest BCUT2D eigenvalue weighted by atomic mass is 35.5. The number of carbonyl (C=O) groups is 2. The SMILES string of the molecule is Cl.O=C(C[P+](c1ccccc1)(c1ccccc1)c1ccccc1)N1C(=O)OC[C@@H]1Cc1ccccc1. The van der Waals surface area contributed by atoms with Crippen LogP contribution in [0.5, 0.6) is 0 Å². The zero-order valence-electron chi connectivity index (χ0n) is 19.8. The van der Waals surface area contributed by atoms with Gasteiger partial charge in [-0.25, -0.2) is 9.69 Å². The van der Waals surface area contributed by atoms with Crippen LogP contribution < -0.4 is 15.9 Å². The molecule has 1 fully saturated rings. The molecule has 36 heavy (non-hydrogen) atoms. The van der Waals surface area contributed by atoms with Crippen LogP contribution in [0.4, 0.5) is 4.79 Å². The monoisotopic (exact) mass is 516 g/mol. The molecule has 0 unspecified atom stereocenters. The molecule has 1 aliphatic heterocycles. The van der Waals surface area contributed by atoms with E-state index in [9.17, 15) is 9.59 Å². The van der Waals surface area contributed by atoms with Crippen LogP contribution in [0.3, 0.4) is 0 Å². The van der Waals surface area contributed by atoms with Gasteiger partial charge in [-0.1, -0.05) is 84.9 Å². The first kappa shape index (κ1) is 25.6. The molecule has 0 bridgehead atoms. The molecule has 4 aromatic rings. The summed E-state index contributed by atoms with van der Waals surface area (Å²) in [6.45, 7) is 0.215. The van der Waals surface area contributed by atoms with Crippen LogP contribution in [0.1, 0.15) is 5.56 Å². The van der Waals surface area contributed by atoms with Crippen molar-refractivity contribution in [1.82, 2.24) is 4.90 Å². The van der Waals surface area contributed by atoms with Gasteiger partial charge in [0.1, 0.15) is 29.8 Å². The number of hydrogen-bond donors (Lipinski definition) is 0. The zero-order valence-corrected chi connectivity index (χ0v) is 21.5. The first-order valence-electron chi connectivity index (χ1n) is 11.8. The first-order valence-corrected chi connectivity index (χ1v) is 13.7. The predicted molar refractivity (Wildman–Crippen MR) is 149 cm³/mol. The zero-order chi connectivity index (χ0) is 24.1. The number of nitrogens with zero attached hydrogens (tertiary/aromatic N) is 1. The summed E-state index contributed by atoms with van der Waals surface area (Å²) in [5.74, 6) is -0.196. The summed E-state index contributed by atoms with van der Waals surface area (Å²) < 4.78 is 5.38. The normalized spacial score (nSPS) is 15.2. The Bertz CT molecular complexity index is 1190. The van der Waals surface area contributed by atoms with Gasteiger partial charge in [0.25, 0.3) is 5.91 Å². The number of rotatable bonds is 7. The molecule has 0 radical (unpaired) electrons. The minimum absolute atomic E-state index is 0. The molecule has 1 atom stereocenters. The number of benzene rings is 4. The number of cyclic esters (lactones) is 1. The molecule has 1 aliphatic rings. The van der Waals surface area contributed by atoms with Crippen LogP contribution in [0.15, 0.2) is 121 Å². The quantitative estimate of drug-likeness (QED) is 0.325. The van der Waals surface area contributed by atoms with Gasteiger partial charge < -0.3 is 4.74 Å². The topological polar surface area (TPSA) is 46.6 Å². The molecule has 4 nitrogen and oxygen atoms in total. The fourth-order valence-electron chi connectivity index (χ4n) is 4.85. The molecule has 182 valence electrons. The Morgan fingerprint density at radius 3 is 1.58 bits per heavy atom. The van der Waals surface area contributed by atoms with Gasteiger partial charge in [0.15, 0.2) is 6.16 Å². The predicted octanol–water partition coefficient (Wildman–Crippen LogP) is 4.99. The highest BCUT2D eigenvalue weighted by molar-refractivity contribution is 7.96. The molecule has 0 N–H and O–H groups in total. The maximum absolute atomic E-state index is 14.0. The number of hydrogen-bond acceptors (Lipinski definition) is 3. The fourth-order valence-corrected chi connectivity index (χ4v) is 8.89. The maximum Gasteiger partial charge on any atom is 0.417 e. The van der Waals surface area contributed by atoms with Crippen LogP contribution in [-0.2, 0) is 16.0 Å². The summed E-state index contributed by atoms with van der Waals surface area (Å²) in [6, 6.07) is 40.3. The molecule has 0 spiro atoms. The van der Waals surface area contributed by atoms with Gasteiger partial charge in [-0.05, 0) is 48.4 Å². The van der Waals surface area contributed by atoms with Crippen molar-refractivity contribution >= 4 is 47.6 Å². The summed E-state index contributed by atoms with van der Waals surface area (Å²) in [6.07, 6.45) is 0.236. The third-order valence-corrected chi connectivity index (χ3v) is 10.8. The van der Waals surface area contributed by atoms with Crippen molar-refractivity contribution in [2.45, 2.75) is 12.5 Å². The van der Waals surface area contributed by atoms with Crippen LogP contribution in [0.2, 0.25) is 0 Å². The average Bonchev–Trinajstić information content (AvgIpc) is 3.29. The summed E-state index contributed by atoms with van der Waals surface area (Å²) in [5, 5.41) is 3.33. The Hall–Kier alpha value is -3.46. The van der Waals surface area contributed by atoms with Gasteiger partial charge >= 0.3 is 6.09 Å². The van der Waals surface area contributed by atoms with Crippen molar-refractivity contribution in [2.75, 3.05) is 12.8 Å². The first-order chi connectivity index (χ1) is 17.2. The molecule has 2 amide bonds. The number of imide groups is 1. The van der Waals surface area contributed by atoms with Crippen molar-refractivity contribution in [2.24, 2.45) is 0 Å². The lowest BCUT2D eigenvalue weighted by atomic mass is 10.1. The van der Waals surface area contributed by atoms with Crippen LogP contribution in [0.25, 0.3) is 0 Å². The lowest BCUT2D eigenvalue weighted by molar-refractivity contribution is -0.126. The van der Waals surface area contributed by atoms with E-state index in [2.05, 4.69) is 36.4 Å². The second-order valence-electron chi connectivity index (χ2n) is 8.66. The van der Waals surface area contributed by atoms with E-state index in [-0.39, 0.29) is 37.1 Å². The second-order valence-corrected chi connectivity index (χ2v) is 12.1. The molecular formula is C30H28ClNO3P+. The molecule has 1 saturated heterocycles. The molecule has 6 heteroatoms. The van der Waals surface area contributed by atoms with Gasteiger partial charge in [0.05, 0.1) is 6.04 Å². The molecule has 0 saturated carbocycles. The number of carbonyl (C=O) groups excluding carboxylic acids is 2. The molecule has 1 heterocycles. The Morgan fingerprint density at radius 1 is 0.722 bits per heavy atom. The summed E-state index contributed by atoms with van der Waals surface area (Å²) >= 11 is 0. The lowest BCUT2D eigenvalue weighted by Crippen LogP contribution is -2.45. The summed E-state index contributed by atoms with van der Waals surface area (Å²) in [7, 11) is -2.40. The molecule has 5 rings (SSSR count). The van der Waals surface area contributed by atoms with Gasteiger partial charge in [-0.15, -0.1) is 12.4 Å². The Morgan fingerprint density at radius 2 is 1.14 bits per heavy atom. The largest absolute Gasteiger partial charge is 0.447 e. The molecule has 4 aromatic carbocycles. The Labute approximate surface area is 218 Å². The number of halogens is 1. The highest BCUT2D eigenvalue weighted by Crippen LogP contribution is 2.55. The van der Waals surface area contributed by atoms with E-state index in [0.717, 1.165) is 21.5 Å². The molecule has 0 aromatic heterocycles. The third kappa shape index (κ3) is 5.06. The smallest absolute Gasteiger partial charge is 0.417 e. The molecular weight excluding hydrogens is 489 g/mol. The average molecular weight is 517 g/mol. The number of amides is 2. The van der Waals surface area contributed by atoms with Crippen LogP contribution >= 0.6 is 19.7 Å². The van der Waals surface area contributed by atoms with Crippen molar-refractivity contribution in [3.63, 3.8) is 0 Å². The van der Waals surface area contributed by atoms with Crippen LogP contribution in [0, 0.1) is 0 Å². The number of ether oxygens (including phenoxy) is 1. The minimum Gasteiger partial charge on any atom is -0.447 e. The van der Waals surface area contributed by atoms with Gasteiger partial charge in [0, 0.05) is 0 Å². The van der Waals surface area contributed by atoms with Crippen molar-refractivity contribution in [3.05, 3.63) is 127 Å². The van der Waals surface area contributed by atoms with Gasteiger partial charge in [0.2, 0.25) is 0 Å². The second kappa shape index (κ2) is 11.5. The van der Waals surface area contributed by atoms with Crippen molar-refractivity contribution in [1.29, 1.82) is 0 Å². The highest BCUT2D eigenvalue weighted by Gasteiger charge is 2.50. The Kier molecular flexibility index (Phi) is 8.20. The van der Waals surface area contributed by atoms with Gasteiger partial charge in [-0.2, -0.15) is 0 Å². The van der Waals surface area contributed by atoms with Crippen LogP contribution in [-0.4, -0.2) is 35.7 Å². The van der Waals surface area contributed by atoms with E-state index in [1.165, 1.54) is 4.90 Å². The van der Waals surface area contributed by atoms with E-state index in [1.807, 2.05) is 84.9 Å². The standard InChI is InChI=1S/C30H27NO3P.ClH/c32-29(31-25(22-34-30(31)33)21-24-13-5-1-6-14-24)23-35(26-15-7-2-8-16-26,27-17-9-3-10-18-27)28-19-11-4-12-20-28;/h1-20,25H,21-23H2;1H/q+1;/t25-;/m0./s1. The van der Waals surface area contributed by atoms with E-state index in [0.29, 0.717) is 6.42 Å². The fraction of sp³-hybridized carbons (Fsp3) is 0.133. The summed E-state index contributed by atoms with van der Waals surface area (Å²) in [4.78, 5) is 28.2. The van der Waals surface area contributed by atoms with Crippen molar-refractivity contribution < 1.29 is 14.3 Å². The van der Waals surface area contributed by atoms with E-state index < -0.39 is 13.4 Å². The lowest BCUT2D eigenvalue weighted by Gasteiger charge is -2.29. The van der Waals surface area contributed by atoms with E-state index >= 15 is 0 Å². The van der Waals surface area contributed by atoms with Gasteiger partial charge in [-0.3, -0.25) is 4.79 Å². The molecule has 0 aliphatic carbocycles. The van der Waals surface area contributed by atoms with E-state index in [4.69, 9.17) is 4.74 Å². The maximum atomic E-state index is 14.0. The van der Waals surface area contributed by atoms with E-state index in [1.54, 1.807) is 0 Å².